The van der Waals surface area contributed by atoms with Crippen molar-refractivity contribution < 1.29 is 14.6 Å². The Labute approximate surface area is 149 Å². The number of carbonyl (C=O) groups is 1. The molecule has 0 aliphatic carbocycles. The number of aliphatic hydroxyl groups excluding tert-OH is 1. The van der Waals surface area contributed by atoms with Gasteiger partial charge in [0.15, 0.2) is 0 Å². The van der Waals surface area contributed by atoms with E-state index in [1.54, 1.807) is 0 Å². The second kappa shape index (κ2) is 7.72. The lowest BCUT2D eigenvalue weighted by atomic mass is 9.99. The molecule has 1 aromatic carbocycles. The summed E-state index contributed by atoms with van der Waals surface area (Å²) < 4.78 is 5.40. The van der Waals surface area contributed by atoms with E-state index in [1.807, 2.05) is 29.2 Å². The van der Waals surface area contributed by atoms with Gasteiger partial charge in [0, 0.05) is 43.8 Å². The number of fused-ring (bicyclic) bond motifs is 1. The predicted molar refractivity (Wildman–Crippen MR) is 97.8 cm³/mol. The van der Waals surface area contributed by atoms with Crippen LogP contribution in [0.15, 0.2) is 24.3 Å². The standard InChI is InChI=1S/C19H29N3O3/c1-19(2,22-7-9-25-10-8-22)14-20-18(24)13-21-12-16(23)11-15-5-3-4-6-17(15)21/h3-6,16,23H,7-14H2,1-2H3,(H,20,24). The molecular formula is C19H29N3O3. The fourth-order valence-corrected chi connectivity index (χ4v) is 3.64. The molecule has 2 aliphatic heterocycles. The van der Waals surface area contributed by atoms with Gasteiger partial charge in [0.25, 0.3) is 0 Å². The predicted octanol–water partition coefficient (Wildman–Crippen LogP) is 0.637. The molecule has 3 rings (SSSR count). The maximum Gasteiger partial charge on any atom is 0.239 e. The van der Waals surface area contributed by atoms with Gasteiger partial charge in [0.1, 0.15) is 0 Å². The number of morpholine rings is 1. The van der Waals surface area contributed by atoms with Gasteiger partial charge in [0.05, 0.1) is 25.9 Å². The van der Waals surface area contributed by atoms with Crippen LogP contribution >= 0.6 is 0 Å². The Morgan fingerprint density at radius 3 is 2.80 bits per heavy atom. The smallest absolute Gasteiger partial charge is 0.239 e. The van der Waals surface area contributed by atoms with Gasteiger partial charge < -0.3 is 20.1 Å². The molecule has 138 valence electrons. The van der Waals surface area contributed by atoms with Gasteiger partial charge in [-0.1, -0.05) is 18.2 Å². The summed E-state index contributed by atoms with van der Waals surface area (Å²) in [4.78, 5) is 16.8. The zero-order valence-electron chi connectivity index (χ0n) is 15.2. The molecule has 1 aromatic rings. The molecule has 1 fully saturated rings. The largest absolute Gasteiger partial charge is 0.391 e. The lowest BCUT2D eigenvalue weighted by molar-refractivity contribution is -0.120. The highest BCUT2D eigenvalue weighted by Crippen LogP contribution is 2.26. The molecule has 2 aliphatic rings. The zero-order valence-corrected chi connectivity index (χ0v) is 15.2. The SMILES string of the molecule is CC(C)(CNC(=O)CN1CC(O)Cc2ccccc21)N1CCOCC1. The zero-order chi connectivity index (χ0) is 17.9. The van der Waals surface area contributed by atoms with Gasteiger partial charge in [-0.25, -0.2) is 0 Å². The summed E-state index contributed by atoms with van der Waals surface area (Å²) in [7, 11) is 0. The van der Waals surface area contributed by atoms with Crippen LogP contribution in [0.4, 0.5) is 5.69 Å². The average Bonchev–Trinajstić information content (AvgIpc) is 2.61. The van der Waals surface area contributed by atoms with E-state index in [0.717, 1.165) is 37.6 Å². The summed E-state index contributed by atoms with van der Waals surface area (Å²) in [5.41, 5.74) is 2.05. The van der Waals surface area contributed by atoms with E-state index < -0.39 is 6.10 Å². The van der Waals surface area contributed by atoms with Crippen molar-refractivity contribution in [1.82, 2.24) is 10.2 Å². The van der Waals surface area contributed by atoms with Crippen molar-refractivity contribution in [3.8, 4) is 0 Å². The van der Waals surface area contributed by atoms with E-state index >= 15 is 0 Å². The van der Waals surface area contributed by atoms with E-state index in [9.17, 15) is 9.90 Å². The van der Waals surface area contributed by atoms with E-state index in [0.29, 0.717) is 19.5 Å². The van der Waals surface area contributed by atoms with Crippen molar-refractivity contribution in [2.75, 3.05) is 50.8 Å². The van der Waals surface area contributed by atoms with Crippen LogP contribution in [0.1, 0.15) is 19.4 Å². The molecule has 0 spiro atoms. The Morgan fingerprint density at radius 2 is 2.04 bits per heavy atom. The van der Waals surface area contributed by atoms with Crippen LogP contribution in [0.2, 0.25) is 0 Å². The molecular weight excluding hydrogens is 318 g/mol. The van der Waals surface area contributed by atoms with Gasteiger partial charge >= 0.3 is 0 Å². The van der Waals surface area contributed by atoms with E-state index in [-0.39, 0.29) is 18.0 Å². The number of amides is 1. The molecule has 2 N–H and O–H groups in total. The van der Waals surface area contributed by atoms with Crippen LogP contribution in [0.25, 0.3) is 0 Å². The highest BCUT2D eigenvalue weighted by atomic mass is 16.5. The van der Waals surface area contributed by atoms with Gasteiger partial charge in [-0.05, 0) is 25.5 Å². The number of β-amino-alcohol motifs (C(OH)–C–C–N with tert-alkyl or cyclic N) is 1. The van der Waals surface area contributed by atoms with Crippen LogP contribution in [0, 0.1) is 0 Å². The number of nitrogens with zero attached hydrogens (tertiary/aromatic N) is 2. The normalized spacial score (nSPS) is 21.7. The van der Waals surface area contributed by atoms with Crippen LogP contribution in [-0.4, -0.2) is 73.5 Å². The summed E-state index contributed by atoms with van der Waals surface area (Å²) in [5, 5.41) is 13.1. The minimum atomic E-state index is -0.424. The second-order valence-corrected chi connectivity index (χ2v) is 7.56. The number of ether oxygens (including phenoxy) is 1. The molecule has 6 nitrogen and oxygen atoms in total. The highest BCUT2D eigenvalue weighted by Gasteiger charge is 2.29. The number of rotatable bonds is 5. The monoisotopic (exact) mass is 347 g/mol. The summed E-state index contributed by atoms with van der Waals surface area (Å²) in [6.45, 7) is 8.97. The summed E-state index contributed by atoms with van der Waals surface area (Å²) >= 11 is 0. The third kappa shape index (κ3) is 4.51. The molecule has 1 amide bonds. The molecule has 1 saturated heterocycles. The quantitative estimate of drug-likeness (QED) is 0.818. The fraction of sp³-hybridized carbons (Fsp3) is 0.632. The van der Waals surface area contributed by atoms with Crippen molar-refractivity contribution in [3.05, 3.63) is 29.8 Å². The highest BCUT2D eigenvalue weighted by molar-refractivity contribution is 5.82. The first-order valence-corrected chi connectivity index (χ1v) is 9.06. The average molecular weight is 347 g/mol. The van der Waals surface area contributed by atoms with Gasteiger partial charge in [-0.3, -0.25) is 9.69 Å². The van der Waals surface area contributed by atoms with Crippen molar-refractivity contribution in [2.45, 2.75) is 31.9 Å². The number of carbonyl (C=O) groups excluding carboxylic acids is 1. The third-order valence-corrected chi connectivity index (χ3v) is 5.14. The fourth-order valence-electron chi connectivity index (χ4n) is 3.64. The Kier molecular flexibility index (Phi) is 5.61. The van der Waals surface area contributed by atoms with Crippen LogP contribution in [0.5, 0.6) is 0 Å². The van der Waals surface area contributed by atoms with Crippen LogP contribution in [-0.2, 0) is 16.0 Å². The first-order chi connectivity index (χ1) is 12.0. The van der Waals surface area contributed by atoms with Crippen LogP contribution < -0.4 is 10.2 Å². The van der Waals surface area contributed by atoms with Crippen molar-refractivity contribution in [1.29, 1.82) is 0 Å². The third-order valence-electron chi connectivity index (χ3n) is 5.14. The minimum Gasteiger partial charge on any atom is -0.391 e. The van der Waals surface area contributed by atoms with E-state index in [1.165, 1.54) is 0 Å². The number of anilines is 1. The first-order valence-electron chi connectivity index (χ1n) is 9.06. The van der Waals surface area contributed by atoms with Crippen molar-refractivity contribution in [3.63, 3.8) is 0 Å². The number of nitrogens with one attached hydrogen (secondary N) is 1. The molecule has 1 unspecified atom stereocenters. The number of aliphatic hydroxyl groups is 1. The number of hydrogen-bond donors (Lipinski definition) is 2. The number of benzene rings is 1. The van der Waals surface area contributed by atoms with Gasteiger partial charge in [-0.2, -0.15) is 0 Å². The Balaban J connectivity index is 1.56. The Hall–Kier alpha value is -1.63. The minimum absolute atomic E-state index is 0.00904. The molecule has 0 aromatic heterocycles. The Morgan fingerprint density at radius 1 is 1.32 bits per heavy atom. The molecule has 25 heavy (non-hydrogen) atoms. The summed E-state index contributed by atoms with van der Waals surface area (Å²) in [5.74, 6) is -0.00904. The molecule has 1 atom stereocenters. The first kappa shape index (κ1) is 18.2. The van der Waals surface area contributed by atoms with Gasteiger partial charge in [0.2, 0.25) is 5.91 Å². The molecule has 0 bridgehead atoms. The van der Waals surface area contributed by atoms with Crippen molar-refractivity contribution >= 4 is 11.6 Å². The number of hydrogen-bond acceptors (Lipinski definition) is 5. The van der Waals surface area contributed by atoms with Crippen LogP contribution in [0.3, 0.4) is 0 Å². The Bertz CT molecular complexity index is 599. The maximum atomic E-state index is 12.5. The maximum absolute atomic E-state index is 12.5. The molecule has 0 radical (unpaired) electrons. The second-order valence-electron chi connectivity index (χ2n) is 7.56. The molecule has 6 heteroatoms. The summed E-state index contributed by atoms with van der Waals surface area (Å²) in [6, 6.07) is 7.99. The molecule has 0 saturated carbocycles. The topological polar surface area (TPSA) is 65.0 Å². The van der Waals surface area contributed by atoms with E-state index in [4.69, 9.17) is 4.74 Å². The van der Waals surface area contributed by atoms with Gasteiger partial charge in [-0.15, -0.1) is 0 Å². The lowest BCUT2D eigenvalue weighted by Crippen LogP contribution is -2.56. The lowest BCUT2D eigenvalue weighted by Gasteiger charge is -2.41. The van der Waals surface area contributed by atoms with E-state index in [2.05, 4.69) is 24.1 Å². The molecule has 2 heterocycles. The summed E-state index contributed by atoms with van der Waals surface area (Å²) in [6.07, 6.45) is 0.228. The number of para-hydroxylation sites is 1. The van der Waals surface area contributed by atoms with Crippen molar-refractivity contribution in [2.24, 2.45) is 0 Å².